The van der Waals surface area contributed by atoms with Crippen molar-refractivity contribution in [3.8, 4) is 5.75 Å². The summed E-state index contributed by atoms with van der Waals surface area (Å²) in [4.78, 5) is 28.9. The van der Waals surface area contributed by atoms with E-state index in [1.807, 2.05) is 43.3 Å². The van der Waals surface area contributed by atoms with E-state index in [1.54, 1.807) is 31.4 Å². The van der Waals surface area contributed by atoms with Gasteiger partial charge in [-0.3, -0.25) is 4.79 Å². The molecule has 0 spiro atoms. The van der Waals surface area contributed by atoms with Crippen LogP contribution in [-0.2, 0) is 0 Å². The van der Waals surface area contributed by atoms with Crippen LogP contribution in [0.4, 0.5) is 17.1 Å². The van der Waals surface area contributed by atoms with Gasteiger partial charge in [0.2, 0.25) is 0 Å². The van der Waals surface area contributed by atoms with Crippen molar-refractivity contribution in [2.45, 2.75) is 6.92 Å². The number of nitrogens with zero attached hydrogens (tertiary/aromatic N) is 2. The summed E-state index contributed by atoms with van der Waals surface area (Å²) in [7, 11) is 1.66. The Morgan fingerprint density at radius 3 is 2.24 bits per heavy atom. The molecule has 1 aliphatic rings. The molecular weight excluding hydrogens is 418 g/mol. The van der Waals surface area contributed by atoms with Crippen LogP contribution in [0.1, 0.15) is 26.3 Å². The number of carboxylic acid groups (broad SMARTS) is 1. The number of ether oxygens (including phenoxy) is 1. The summed E-state index contributed by atoms with van der Waals surface area (Å²) in [6, 6.07) is 20.2. The van der Waals surface area contributed by atoms with Crippen LogP contribution in [0, 0.1) is 6.92 Å². The van der Waals surface area contributed by atoms with E-state index in [-0.39, 0.29) is 11.5 Å². The van der Waals surface area contributed by atoms with Gasteiger partial charge in [0.05, 0.1) is 24.0 Å². The summed E-state index contributed by atoms with van der Waals surface area (Å²) >= 11 is 0. The van der Waals surface area contributed by atoms with Crippen molar-refractivity contribution in [2.75, 3.05) is 48.4 Å². The molecule has 1 amide bonds. The average molecular weight is 446 g/mol. The molecule has 1 saturated heterocycles. The number of methoxy groups -OCH3 is 1. The van der Waals surface area contributed by atoms with E-state index >= 15 is 0 Å². The number of carboxylic acids is 1. The molecule has 7 nitrogen and oxygen atoms in total. The smallest absolute Gasteiger partial charge is 0.337 e. The zero-order valence-corrected chi connectivity index (χ0v) is 18.7. The molecule has 170 valence electrons. The molecule has 1 fully saturated rings. The van der Waals surface area contributed by atoms with Crippen molar-refractivity contribution in [3.63, 3.8) is 0 Å². The first-order valence-electron chi connectivity index (χ1n) is 10.8. The van der Waals surface area contributed by atoms with Crippen LogP contribution in [-0.4, -0.2) is 50.3 Å². The highest BCUT2D eigenvalue weighted by Crippen LogP contribution is 2.31. The van der Waals surface area contributed by atoms with Gasteiger partial charge in [-0.2, -0.15) is 0 Å². The second-order valence-corrected chi connectivity index (χ2v) is 8.01. The van der Waals surface area contributed by atoms with Crippen molar-refractivity contribution in [3.05, 3.63) is 83.4 Å². The van der Waals surface area contributed by atoms with E-state index in [2.05, 4.69) is 15.1 Å². The topological polar surface area (TPSA) is 82.1 Å². The van der Waals surface area contributed by atoms with Gasteiger partial charge < -0.3 is 25.0 Å². The van der Waals surface area contributed by atoms with Crippen LogP contribution in [0.25, 0.3) is 0 Å². The van der Waals surface area contributed by atoms with Gasteiger partial charge in [-0.1, -0.05) is 29.8 Å². The number of para-hydroxylation sites is 2. The third kappa shape index (κ3) is 4.92. The molecule has 0 saturated carbocycles. The van der Waals surface area contributed by atoms with Gasteiger partial charge in [0.25, 0.3) is 5.91 Å². The molecule has 0 atom stereocenters. The maximum absolute atomic E-state index is 12.6. The summed E-state index contributed by atoms with van der Waals surface area (Å²) in [6.45, 7) is 4.75. The molecule has 1 aliphatic heterocycles. The quantitative estimate of drug-likeness (QED) is 0.589. The van der Waals surface area contributed by atoms with Crippen molar-refractivity contribution in [1.29, 1.82) is 0 Å². The Morgan fingerprint density at radius 1 is 0.879 bits per heavy atom. The van der Waals surface area contributed by atoms with Crippen molar-refractivity contribution in [1.82, 2.24) is 0 Å². The van der Waals surface area contributed by atoms with E-state index in [9.17, 15) is 14.7 Å². The van der Waals surface area contributed by atoms with Gasteiger partial charge in [-0.05, 0) is 49.4 Å². The van der Waals surface area contributed by atoms with Crippen LogP contribution in [0.5, 0.6) is 5.75 Å². The Labute approximate surface area is 193 Å². The molecule has 0 radical (unpaired) electrons. The fraction of sp³-hybridized carbons (Fsp3) is 0.231. The highest BCUT2D eigenvalue weighted by Gasteiger charge is 2.23. The number of hydrogen-bond acceptors (Lipinski definition) is 5. The zero-order chi connectivity index (χ0) is 23.4. The first kappa shape index (κ1) is 22.2. The van der Waals surface area contributed by atoms with E-state index < -0.39 is 5.97 Å². The predicted molar refractivity (Wildman–Crippen MR) is 130 cm³/mol. The van der Waals surface area contributed by atoms with Crippen LogP contribution < -0.4 is 19.9 Å². The fourth-order valence-electron chi connectivity index (χ4n) is 4.13. The molecule has 0 aromatic heterocycles. The third-order valence-corrected chi connectivity index (χ3v) is 5.81. The third-order valence-electron chi connectivity index (χ3n) is 5.81. The Balaban J connectivity index is 1.49. The number of piperazine rings is 1. The minimum atomic E-state index is -1.02. The molecule has 1 heterocycles. The first-order chi connectivity index (χ1) is 16.0. The first-order valence-corrected chi connectivity index (χ1v) is 10.8. The van der Waals surface area contributed by atoms with Crippen LogP contribution in [0.15, 0.2) is 66.7 Å². The lowest BCUT2D eigenvalue weighted by atomic mass is 10.1. The molecule has 33 heavy (non-hydrogen) atoms. The number of hydrogen-bond donors (Lipinski definition) is 2. The number of amides is 1. The van der Waals surface area contributed by atoms with Crippen molar-refractivity contribution < 1.29 is 19.4 Å². The molecule has 4 rings (SSSR count). The van der Waals surface area contributed by atoms with Crippen LogP contribution in [0.3, 0.4) is 0 Å². The molecule has 7 heteroatoms. The largest absolute Gasteiger partial charge is 0.495 e. The SMILES string of the molecule is COc1ccccc1N1CCN(c2ccc(NC(=O)c3cccc(C)c3)cc2C(=O)O)CC1. The summed E-state index contributed by atoms with van der Waals surface area (Å²) < 4.78 is 5.48. The maximum Gasteiger partial charge on any atom is 0.337 e. The zero-order valence-electron chi connectivity index (χ0n) is 18.7. The second-order valence-electron chi connectivity index (χ2n) is 8.01. The molecule has 2 N–H and O–H groups in total. The number of aromatic carboxylic acids is 1. The Hall–Kier alpha value is -4.00. The lowest BCUT2D eigenvalue weighted by molar-refractivity contribution is 0.0697. The van der Waals surface area contributed by atoms with E-state index in [4.69, 9.17) is 4.74 Å². The highest BCUT2D eigenvalue weighted by atomic mass is 16.5. The Bertz CT molecular complexity index is 1170. The standard InChI is InChI=1S/C26H27N3O4/c1-18-6-5-7-19(16-18)25(30)27-20-10-11-22(21(17-20)26(31)32)28-12-14-29(15-13-28)23-8-3-4-9-24(23)33-2/h3-11,16-17H,12-15H2,1-2H3,(H,27,30)(H,31,32). The highest BCUT2D eigenvalue weighted by molar-refractivity contribution is 6.05. The average Bonchev–Trinajstić information content (AvgIpc) is 2.84. The van der Waals surface area contributed by atoms with E-state index in [0.29, 0.717) is 30.0 Å². The Morgan fingerprint density at radius 2 is 1.58 bits per heavy atom. The van der Waals surface area contributed by atoms with Gasteiger partial charge in [-0.25, -0.2) is 4.79 Å². The summed E-state index contributed by atoms with van der Waals surface area (Å²) in [5.41, 5.74) is 3.82. The van der Waals surface area contributed by atoms with Crippen LogP contribution in [0.2, 0.25) is 0 Å². The number of carbonyl (C=O) groups is 2. The predicted octanol–water partition coefficient (Wildman–Crippen LogP) is 4.28. The number of aryl methyl sites for hydroxylation is 1. The number of nitrogens with one attached hydrogen (secondary N) is 1. The Kier molecular flexibility index (Phi) is 6.49. The molecule has 0 unspecified atom stereocenters. The van der Waals surface area contributed by atoms with Gasteiger partial charge in [0, 0.05) is 37.4 Å². The second kappa shape index (κ2) is 9.65. The molecule has 3 aromatic rings. The number of carbonyl (C=O) groups excluding carboxylic acids is 1. The molecule has 0 bridgehead atoms. The normalized spacial score (nSPS) is 13.5. The molecule has 0 aliphatic carbocycles. The molecule has 3 aromatic carbocycles. The minimum Gasteiger partial charge on any atom is -0.495 e. The van der Waals surface area contributed by atoms with Crippen LogP contribution >= 0.6 is 0 Å². The summed E-state index contributed by atoms with van der Waals surface area (Å²) in [5, 5.41) is 12.6. The lowest BCUT2D eigenvalue weighted by Gasteiger charge is -2.38. The van der Waals surface area contributed by atoms with Gasteiger partial charge in [0.1, 0.15) is 5.75 Å². The van der Waals surface area contributed by atoms with Crippen molar-refractivity contribution >= 4 is 28.9 Å². The van der Waals surface area contributed by atoms with Gasteiger partial charge in [-0.15, -0.1) is 0 Å². The molecular formula is C26H27N3O4. The monoisotopic (exact) mass is 445 g/mol. The van der Waals surface area contributed by atoms with E-state index in [0.717, 1.165) is 30.1 Å². The fourth-order valence-corrected chi connectivity index (χ4v) is 4.13. The van der Waals surface area contributed by atoms with Gasteiger partial charge in [0.15, 0.2) is 0 Å². The summed E-state index contributed by atoms with van der Waals surface area (Å²) in [6.07, 6.45) is 0. The number of rotatable bonds is 6. The number of benzene rings is 3. The van der Waals surface area contributed by atoms with E-state index in [1.165, 1.54) is 6.07 Å². The van der Waals surface area contributed by atoms with Crippen molar-refractivity contribution in [2.24, 2.45) is 0 Å². The number of anilines is 3. The minimum absolute atomic E-state index is 0.169. The lowest BCUT2D eigenvalue weighted by Crippen LogP contribution is -2.47. The van der Waals surface area contributed by atoms with Gasteiger partial charge >= 0.3 is 5.97 Å². The maximum atomic E-state index is 12.6. The summed E-state index contributed by atoms with van der Waals surface area (Å²) in [5.74, 6) is -0.470.